The van der Waals surface area contributed by atoms with E-state index in [0.717, 1.165) is 11.3 Å². The number of carbonyl (C=O) groups is 2. The maximum Gasteiger partial charge on any atom is 0.266 e. The topological polar surface area (TPSA) is 63.4 Å². The predicted molar refractivity (Wildman–Crippen MR) is 116 cm³/mol. The number of Topliss-reactive ketones (excluding diaryl/α,β-unsaturated/α-hetero) is 1. The molecule has 5 nitrogen and oxygen atoms in total. The highest BCUT2D eigenvalue weighted by Crippen LogP contribution is 2.34. The largest absolute Gasteiger partial charge is 0.457 e. The molecular weight excluding hydrogens is 392 g/mol. The zero-order valence-corrected chi connectivity index (χ0v) is 17.9. The van der Waals surface area contributed by atoms with Crippen LogP contribution in [0.1, 0.15) is 45.6 Å². The summed E-state index contributed by atoms with van der Waals surface area (Å²) in [6.07, 6.45) is 3.78. The molecule has 1 aliphatic rings. The van der Waals surface area contributed by atoms with Crippen molar-refractivity contribution in [2.24, 2.45) is 0 Å². The van der Waals surface area contributed by atoms with Gasteiger partial charge in [0.1, 0.15) is 21.6 Å². The van der Waals surface area contributed by atoms with Crippen molar-refractivity contribution in [2.45, 2.75) is 39.5 Å². The third kappa shape index (κ3) is 4.59. The van der Waals surface area contributed by atoms with Gasteiger partial charge in [0.05, 0.1) is 4.91 Å². The Morgan fingerprint density at radius 1 is 1.29 bits per heavy atom. The molecule has 3 heterocycles. The van der Waals surface area contributed by atoms with Crippen molar-refractivity contribution in [1.82, 2.24) is 9.88 Å². The van der Waals surface area contributed by atoms with Crippen molar-refractivity contribution >= 4 is 46.1 Å². The number of carbonyl (C=O) groups excluding carboxylic acids is 2. The molecule has 0 atom stereocenters. The van der Waals surface area contributed by atoms with Crippen molar-refractivity contribution < 1.29 is 14.0 Å². The van der Waals surface area contributed by atoms with Crippen molar-refractivity contribution in [3.05, 3.63) is 46.8 Å². The van der Waals surface area contributed by atoms with E-state index in [9.17, 15) is 9.59 Å². The Balaban J connectivity index is 1.76. The minimum absolute atomic E-state index is 0.00991. The summed E-state index contributed by atoms with van der Waals surface area (Å²) in [7, 11) is 0. The van der Waals surface area contributed by atoms with Crippen molar-refractivity contribution in [3.8, 4) is 11.3 Å². The number of furan rings is 1. The van der Waals surface area contributed by atoms with E-state index in [2.05, 4.69) is 25.8 Å². The molecule has 1 saturated heterocycles. The van der Waals surface area contributed by atoms with Gasteiger partial charge in [0.25, 0.3) is 5.91 Å². The predicted octanol–water partition coefficient (Wildman–Crippen LogP) is 4.82. The number of pyridine rings is 1. The average molecular weight is 415 g/mol. The highest BCUT2D eigenvalue weighted by Gasteiger charge is 2.32. The van der Waals surface area contributed by atoms with Crippen molar-refractivity contribution in [1.29, 1.82) is 0 Å². The molecule has 28 heavy (non-hydrogen) atoms. The molecule has 3 rings (SSSR count). The zero-order chi connectivity index (χ0) is 20.5. The number of rotatable bonds is 5. The second kappa shape index (κ2) is 8.01. The van der Waals surface area contributed by atoms with Crippen molar-refractivity contribution in [3.63, 3.8) is 0 Å². The van der Waals surface area contributed by atoms with Crippen LogP contribution in [0, 0.1) is 0 Å². The molecule has 1 aliphatic heterocycles. The fourth-order valence-corrected chi connectivity index (χ4v) is 3.95. The van der Waals surface area contributed by atoms with Crippen LogP contribution in [0.3, 0.4) is 0 Å². The number of thioether (sulfide) groups is 1. The first kappa shape index (κ1) is 20.5. The molecular formula is C21H22N2O3S2. The van der Waals surface area contributed by atoms with Crippen LogP contribution in [0.25, 0.3) is 17.4 Å². The van der Waals surface area contributed by atoms with Crippen LogP contribution in [0.4, 0.5) is 0 Å². The Hall–Kier alpha value is -2.25. The zero-order valence-electron chi connectivity index (χ0n) is 16.3. The van der Waals surface area contributed by atoms with Crippen LogP contribution < -0.4 is 0 Å². The van der Waals surface area contributed by atoms with E-state index in [1.807, 2.05) is 24.3 Å². The molecule has 0 aromatic carbocycles. The smallest absolute Gasteiger partial charge is 0.266 e. The van der Waals surface area contributed by atoms with Gasteiger partial charge in [-0.15, -0.1) is 0 Å². The Bertz CT molecular complexity index is 953. The van der Waals surface area contributed by atoms with Crippen LogP contribution in [0.2, 0.25) is 0 Å². The van der Waals surface area contributed by atoms with E-state index in [4.69, 9.17) is 16.6 Å². The summed E-state index contributed by atoms with van der Waals surface area (Å²) in [6, 6.07) is 7.65. The Kier molecular flexibility index (Phi) is 5.86. The highest BCUT2D eigenvalue weighted by molar-refractivity contribution is 8.26. The molecule has 1 amide bonds. The van der Waals surface area contributed by atoms with Gasteiger partial charge in [-0.3, -0.25) is 19.5 Å². The number of aromatic nitrogens is 1. The van der Waals surface area contributed by atoms with E-state index in [-0.39, 0.29) is 17.1 Å². The van der Waals surface area contributed by atoms with Gasteiger partial charge >= 0.3 is 0 Å². The lowest BCUT2D eigenvalue weighted by molar-refractivity contribution is -0.122. The van der Waals surface area contributed by atoms with Gasteiger partial charge in [0.15, 0.2) is 0 Å². The molecule has 2 aromatic heterocycles. The van der Waals surface area contributed by atoms with Crippen LogP contribution in [0.15, 0.2) is 39.8 Å². The number of hydrogen-bond donors (Lipinski definition) is 0. The van der Waals surface area contributed by atoms with Crippen LogP contribution in [0.5, 0.6) is 0 Å². The van der Waals surface area contributed by atoms with Gasteiger partial charge < -0.3 is 4.42 Å². The average Bonchev–Trinajstić information content (AvgIpc) is 3.18. The monoisotopic (exact) mass is 414 g/mol. The van der Waals surface area contributed by atoms with E-state index in [0.29, 0.717) is 33.7 Å². The third-order valence-electron chi connectivity index (χ3n) is 4.28. The van der Waals surface area contributed by atoms with Gasteiger partial charge in [-0.05, 0) is 31.2 Å². The van der Waals surface area contributed by atoms with Gasteiger partial charge in [-0.25, -0.2) is 0 Å². The molecule has 146 valence electrons. The van der Waals surface area contributed by atoms with Gasteiger partial charge in [-0.2, -0.15) is 0 Å². The van der Waals surface area contributed by atoms with Gasteiger partial charge in [-0.1, -0.05) is 44.8 Å². The molecule has 0 N–H and O–H groups in total. The van der Waals surface area contributed by atoms with Gasteiger partial charge in [0.2, 0.25) is 0 Å². The lowest BCUT2D eigenvalue weighted by Crippen LogP contribution is -2.30. The SMILES string of the molecule is CC(=O)CCN1C(=O)/C(=C\c2ccc(-c3ccc(C(C)(C)C)nc3)o2)SC1=S. The minimum Gasteiger partial charge on any atom is -0.457 e. The summed E-state index contributed by atoms with van der Waals surface area (Å²) in [5, 5.41) is 0. The fraction of sp³-hybridized carbons (Fsp3) is 0.333. The lowest BCUT2D eigenvalue weighted by atomic mass is 9.91. The molecule has 2 aromatic rings. The maximum absolute atomic E-state index is 12.5. The third-order valence-corrected chi connectivity index (χ3v) is 5.66. The lowest BCUT2D eigenvalue weighted by Gasteiger charge is -2.17. The van der Waals surface area contributed by atoms with E-state index in [1.54, 1.807) is 12.3 Å². The summed E-state index contributed by atoms with van der Waals surface area (Å²) in [5.74, 6) is 1.10. The Labute approximate surface area is 174 Å². The summed E-state index contributed by atoms with van der Waals surface area (Å²) in [4.78, 5) is 30.2. The normalized spacial score (nSPS) is 16.3. The molecule has 0 saturated carbocycles. The second-order valence-electron chi connectivity index (χ2n) is 7.67. The van der Waals surface area contributed by atoms with E-state index < -0.39 is 0 Å². The quantitative estimate of drug-likeness (QED) is 0.516. The summed E-state index contributed by atoms with van der Waals surface area (Å²) < 4.78 is 6.34. The number of thiocarbonyl (C=S) groups is 1. The first-order valence-electron chi connectivity index (χ1n) is 8.97. The highest BCUT2D eigenvalue weighted by atomic mass is 32.2. The van der Waals surface area contributed by atoms with Crippen LogP contribution in [-0.2, 0) is 15.0 Å². The molecule has 0 unspecified atom stereocenters. The molecule has 7 heteroatoms. The number of ketones is 1. The number of amides is 1. The number of nitrogens with zero attached hydrogens (tertiary/aromatic N) is 2. The number of hydrogen-bond acceptors (Lipinski definition) is 6. The molecule has 1 fully saturated rings. The second-order valence-corrected chi connectivity index (χ2v) is 9.35. The summed E-state index contributed by atoms with van der Waals surface area (Å²) in [6.45, 7) is 8.17. The minimum atomic E-state index is -0.189. The van der Waals surface area contributed by atoms with Crippen LogP contribution in [-0.4, -0.2) is 32.4 Å². The standard InChI is InChI=1S/C21H22N2O3S2/c1-13(24)9-10-23-19(25)17(28-20(23)27)11-15-6-7-16(26-15)14-5-8-18(22-12-14)21(2,3)4/h5-8,11-12H,9-10H2,1-4H3/b17-11+. The molecule has 0 radical (unpaired) electrons. The van der Waals surface area contributed by atoms with Crippen molar-refractivity contribution in [2.75, 3.05) is 6.54 Å². The van der Waals surface area contributed by atoms with Gasteiger partial charge in [0, 0.05) is 41.9 Å². The first-order valence-corrected chi connectivity index (χ1v) is 10.2. The molecule has 0 bridgehead atoms. The molecule has 0 spiro atoms. The summed E-state index contributed by atoms with van der Waals surface area (Å²) in [5.41, 5.74) is 1.88. The first-order chi connectivity index (χ1) is 13.1. The molecule has 0 aliphatic carbocycles. The van der Waals surface area contributed by atoms with Crippen LogP contribution >= 0.6 is 24.0 Å². The maximum atomic E-state index is 12.5. The summed E-state index contributed by atoms with van der Waals surface area (Å²) >= 11 is 6.49. The fourth-order valence-electron chi connectivity index (χ4n) is 2.66. The van der Waals surface area contributed by atoms with E-state index in [1.165, 1.54) is 23.6 Å². The van der Waals surface area contributed by atoms with E-state index >= 15 is 0 Å². The Morgan fingerprint density at radius 3 is 2.64 bits per heavy atom. The Morgan fingerprint density at radius 2 is 2.04 bits per heavy atom.